The first kappa shape index (κ1) is 29.7. The minimum absolute atomic E-state index is 0.0192. The maximum Gasteiger partial charge on any atom is 0.290 e. The summed E-state index contributed by atoms with van der Waals surface area (Å²) in [5, 5.41) is 15.5. The molecule has 0 saturated heterocycles. The first-order chi connectivity index (χ1) is 20.4. The summed E-state index contributed by atoms with van der Waals surface area (Å²) in [6, 6.07) is 17.5. The Labute approximate surface area is 248 Å². The van der Waals surface area contributed by atoms with Gasteiger partial charge in [-0.3, -0.25) is 9.78 Å². The number of methoxy groups -OCH3 is 1. The molecule has 2 N–H and O–H groups in total. The number of carbonyl (C=O) groups excluding carboxylic acids is 1. The van der Waals surface area contributed by atoms with Gasteiger partial charge in [0.05, 0.1) is 37.1 Å². The molecule has 42 heavy (non-hydrogen) atoms. The fourth-order valence-electron chi connectivity index (χ4n) is 4.70. The smallest absolute Gasteiger partial charge is 0.290 e. The van der Waals surface area contributed by atoms with Crippen LogP contribution in [0.3, 0.4) is 0 Å². The molecule has 5 rings (SSSR count). The lowest BCUT2D eigenvalue weighted by Gasteiger charge is -2.30. The number of ether oxygens (including phenoxy) is 3. The third-order valence-electron chi connectivity index (χ3n) is 6.80. The van der Waals surface area contributed by atoms with Crippen LogP contribution in [0.1, 0.15) is 17.9 Å². The van der Waals surface area contributed by atoms with Crippen LogP contribution in [0.2, 0.25) is 0 Å². The van der Waals surface area contributed by atoms with Crippen LogP contribution in [0.15, 0.2) is 95.2 Å². The monoisotopic (exact) mass is 609 g/mol. The number of allylic oxidation sites excluding steroid dienone is 1. The predicted molar refractivity (Wildman–Crippen MR) is 160 cm³/mol. The second-order valence-electron chi connectivity index (χ2n) is 9.48. The molecule has 4 aromatic rings. The number of nitrogens with zero attached hydrogens (tertiary/aromatic N) is 2. The van der Waals surface area contributed by atoms with Crippen molar-refractivity contribution in [2.45, 2.75) is 23.5 Å². The number of hydrogen-bond donors (Lipinski definition) is 2. The minimum Gasteiger partial charge on any atom is -0.497 e. The molecule has 0 bridgehead atoms. The third-order valence-corrected chi connectivity index (χ3v) is 9.70. The van der Waals surface area contributed by atoms with Gasteiger partial charge in [0.25, 0.3) is 5.91 Å². The molecule has 1 aliphatic rings. The highest BCUT2D eigenvalue weighted by atomic mass is 32.2. The van der Waals surface area contributed by atoms with E-state index in [4.69, 9.17) is 14.2 Å². The number of aliphatic hydroxyl groups excluding tert-OH is 1. The Morgan fingerprint density at radius 1 is 1.14 bits per heavy atom. The van der Waals surface area contributed by atoms with Gasteiger partial charge in [-0.25, -0.2) is 8.42 Å². The molecule has 220 valence electrons. The fraction of sp³-hybridized carbons (Fsp3) is 0.267. The van der Waals surface area contributed by atoms with Crippen LogP contribution in [0.25, 0.3) is 10.1 Å². The number of anilines is 1. The lowest BCUT2D eigenvalue weighted by molar-refractivity contribution is -0.143. The molecule has 12 heteroatoms. The zero-order valence-corrected chi connectivity index (χ0v) is 24.5. The Hall–Kier alpha value is -3.81. The lowest BCUT2D eigenvalue weighted by atomic mass is 9.92. The molecule has 0 spiro atoms. The van der Waals surface area contributed by atoms with Gasteiger partial charge < -0.3 is 24.6 Å². The fourth-order valence-corrected chi connectivity index (χ4v) is 7.14. The maximum atomic E-state index is 13.3. The molecule has 2 aromatic heterocycles. The number of aromatic nitrogens is 1. The first-order valence-electron chi connectivity index (χ1n) is 13.3. The van der Waals surface area contributed by atoms with Gasteiger partial charge in [0.15, 0.2) is 5.76 Å². The summed E-state index contributed by atoms with van der Waals surface area (Å²) in [6.07, 6.45) is 4.57. The molecule has 0 radical (unpaired) electrons. The van der Waals surface area contributed by atoms with Crippen molar-refractivity contribution in [3.05, 3.63) is 95.8 Å². The van der Waals surface area contributed by atoms with E-state index in [1.54, 1.807) is 47.9 Å². The maximum absolute atomic E-state index is 13.3. The number of rotatable bonds is 12. The van der Waals surface area contributed by atoms with Crippen molar-refractivity contribution in [2.24, 2.45) is 0 Å². The molecule has 10 nitrogen and oxygen atoms in total. The number of pyridine rings is 1. The normalized spacial score (nSPS) is 17.1. The number of amides is 1. The number of thiophene rings is 1. The van der Waals surface area contributed by atoms with Crippen molar-refractivity contribution in [1.29, 1.82) is 0 Å². The largest absolute Gasteiger partial charge is 0.497 e. The second kappa shape index (κ2) is 13.4. The van der Waals surface area contributed by atoms with E-state index in [1.807, 2.05) is 18.2 Å². The van der Waals surface area contributed by atoms with Gasteiger partial charge >= 0.3 is 0 Å². The van der Waals surface area contributed by atoms with E-state index in [2.05, 4.69) is 21.7 Å². The van der Waals surface area contributed by atoms with E-state index in [9.17, 15) is 18.3 Å². The molecular weight excluding hydrogens is 578 g/mol. The summed E-state index contributed by atoms with van der Waals surface area (Å²) in [5.41, 5.74) is 1.58. The van der Waals surface area contributed by atoms with Crippen LogP contribution in [0.5, 0.6) is 5.75 Å². The Balaban J connectivity index is 1.32. The molecule has 2 aromatic carbocycles. The topological polar surface area (TPSA) is 127 Å². The molecule has 0 saturated carbocycles. The molecule has 0 fully saturated rings. The highest BCUT2D eigenvalue weighted by Crippen LogP contribution is 2.38. The number of carbonyl (C=O) groups is 1. The first-order valence-corrected chi connectivity index (χ1v) is 15.6. The quantitative estimate of drug-likeness (QED) is 0.243. The van der Waals surface area contributed by atoms with Crippen molar-refractivity contribution in [2.75, 3.05) is 38.7 Å². The Morgan fingerprint density at radius 2 is 1.95 bits per heavy atom. The second-order valence-corrected chi connectivity index (χ2v) is 12.3. The summed E-state index contributed by atoms with van der Waals surface area (Å²) in [6.45, 7) is -0.508. The summed E-state index contributed by atoms with van der Waals surface area (Å²) in [5.74, 6) is 0.0224. The van der Waals surface area contributed by atoms with Crippen LogP contribution in [0.4, 0.5) is 5.69 Å². The zero-order chi connectivity index (χ0) is 29.5. The number of sulfonamides is 1. The summed E-state index contributed by atoms with van der Waals surface area (Å²) < 4.78 is 46.0. The number of fused-ring (bicyclic) bond motifs is 1. The average molecular weight is 610 g/mol. The van der Waals surface area contributed by atoms with Gasteiger partial charge in [0.1, 0.15) is 5.75 Å². The third kappa shape index (κ3) is 6.80. The highest BCUT2D eigenvalue weighted by molar-refractivity contribution is 7.89. The van der Waals surface area contributed by atoms with Crippen LogP contribution >= 0.6 is 11.3 Å². The standard InChI is InChI=1S/C30H31N3O7S2/c1-38-23-8-10-24(11-9-23)42(36,37)33(13-15-34)14-16-39-29-18-21(26-20-41-28-7-3-2-6-25(26)28)17-27(40-29)30(35)32-22-5-4-12-31-19-22/h2-12,17,19-21,29,34H,13-16,18H2,1H3,(H,32,35)/t21-,29+/m1/s1. The number of nitrogens with one attached hydrogen (secondary N) is 1. The Bertz CT molecular complexity index is 1640. The number of benzene rings is 2. The Morgan fingerprint density at radius 3 is 2.69 bits per heavy atom. The molecule has 0 aliphatic carbocycles. The van der Waals surface area contributed by atoms with Crippen LogP contribution in [0, 0.1) is 0 Å². The zero-order valence-electron chi connectivity index (χ0n) is 22.9. The van der Waals surface area contributed by atoms with E-state index >= 15 is 0 Å². The summed E-state index contributed by atoms with van der Waals surface area (Å²) >= 11 is 1.63. The van der Waals surface area contributed by atoms with Crippen molar-refractivity contribution >= 4 is 43.0 Å². The molecule has 1 amide bonds. The van der Waals surface area contributed by atoms with Gasteiger partial charge in [-0.2, -0.15) is 4.31 Å². The van der Waals surface area contributed by atoms with E-state index in [0.717, 1.165) is 20.0 Å². The van der Waals surface area contributed by atoms with Gasteiger partial charge in [-0.05, 0) is 64.9 Å². The van der Waals surface area contributed by atoms with Crippen molar-refractivity contribution in [1.82, 2.24) is 9.29 Å². The van der Waals surface area contributed by atoms with Crippen molar-refractivity contribution < 1.29 is 32.5 Å². The number of hydrogen-bond acceptors (Lipinski definition) is 9. The molecule has 3 heterocycles. The van der Waals surface area contributed by atoms with Gasteiger partial charge in [0, 0.05) is 36.3 Å². The highest BCUT2D eigenvalue weighted by Gasteiger charge is 2.31. The van der Waals surface area contributed by atoms with Crippen molar-refractivity contribution in [3.63, 3.8) is 0 Å². The van der Waals surface area contributed by atoms with E-state index < -0.39 is 22.2 Å². The average Bonchev–Trinajstić information content (AvgIpc) is 3.45. The van der Waals surface area contributed by atoms with Gasteiger partial charge in [-0.1, -0.05) is 18.2 Å². The van der Waals surface area contributed by atoms with Crippen LogP contribution in [-0.4, -0.2) is 68.4 Å². The Kier molecular flexibility index (Phi) is 9.50. The molecular formula is C30H31N3O7S2. The molecule has 2 atom stereocenters. The molecule has 0 unspecified atom stereocenters. The van der Waals surface area contributed by atoms with E-state index in [-0.39, 0.29) is 42.9 Å². The van der Waals surface area contributed by atoms with Gasteiger partial charge in [0.2, 0.25) is 16.3 Å². The SMILES string of the molecule is COc1ccc(S(=O)(=O)N(CCO)CCO[C@@H]2C[C@H](c3csc4ccccc34)C=C(C(=O)Nc3cccnc3)O2)cc1. The lowest BCUT2D eigenvalue weighted by Crippen LogP contribution is -2.37. The summed E-state index contributed by atoms with van der Waals surface area (Å²) in [4.78, 5) is 17.3. The van der Waals surface area contributed by atoms with E-state index in [1.165, 1.54) is 25.4 Å². The minimum atomic E-state index is -3.90. The predicted octanol–water partition coefficient (Wildman–Crippen LogP) is 4.36. The van der Waals surface area contributed by atoms with Crippen LogP contribution < -0.4 is 10.1 Å². The number of aliphatic hydroxyl groups is 1. The van der Waals surface area contributed by atoms with Gasteiger partial charge in [-0.15, -0.1) is 11.3 Å². The van der Waals surface area contributed by atoms with E-state index in [0.29, 0.717) is 17.9 Å². The molecule has 1 aliphatic heterocycles. The van der Waals surface area contributed by atoms with Crippen LogP contribution in [-0.2, 0) is 24.3 Å². The van der Waals surface area contributed by atoms with Crippen molar-refractivity contribution in [3.8, 4) is 5.75 Å². The summed E-state index contributed by atoms with van der Waals surface area (Å²) in [7, 11) is -2.40.